The molecule has 1 fully saturated rings. The number of aliphatic hydroxyl groups is 1. The van der Waals surface area contributed by atoms with Gasteiger partial charge in [-0.05, 0) is 88.2 Å². The lowest BCUT2D eigenvalue weighted by Crippen LogP contribution is -2.42. The number of piperidine rings is 1. The van der Waals surface area contributed by atoms with Crippen LogP contribution in [0, 0.1) is 5.41 Å². The Kier molecular flexibility index (Phi) is 8.75. The van der Waals surface area contributed by atoms with Crippen LogP contribution in [0.25, 0.3) is 10.9 Å². The molecule has 0 saturated carbocycles. The van der Waals surface area contributed by atoms with Gasteiger partial charge in [0.05, 0.1) is 22.7 Å². The Morgan fingerprint density at radius 1 is 1.26 bits per heavy atom. The third-order valence-corrected chi connectivity index (χ3v) is 8.30. The molecule has 5 nitrogen and oxygen atoms in total. The van der Waals surface area contributed by atoms with E-state index >= 15 is 4.39 Å². The maximum Gasteiger partial charge on any atom is 0.127 e. The van der Waals surface area contributed by atoms with Crippen molar-refractivity contribution in [2.75, 3.05) is 33.4 Å². The molecule has 0 bridgehead atoms. The highest BCUT2D eigenvalue weighted by Crippen LogP contribution is 2.41. The van der Waals surface area contributed by atoms with Gasteiger partial charge < -0.3 is 14.7 Å². The third-order valence-electron chi connectivity index (χ3n) is 7.16. The second-order valence-electron chi connectivity index (χ2n) is 9.29. The second kappa shape index (κ2) is 11.8. The van der Waals surface area contributed by atoms with Crippen LogP contribution in [0.3, 0.4) is 0 Å². The average Bonchev–Trinajstić information content (AvgIpc) is 3.39. The van der Waals surface area contributed by atoms with Gasteiger partial charge >= 0.3 is 0 Å². The highest BCUT2D eigenvalue weighted by Gasteiger charge is 2.35. The lowest BCUT2D eigenvalue weighted by Gasteiger charge is -2.41. The van der Waals surface area contributed by atoms with E-state index in [4.69, 9.17) is 16.3 Å². The molecule has 2 aromatic heterocycles. The summed E-state index contributed by atoms with van der Waals surface area (Å²) in [6, 6.07) is 5.43. The molecule has 1 aromatic carbocycles. The number of rotatable bonds is 11. The van der Waals surface area contributed by atoms with Gasteiger partial charge in [-0.15, -0.1) is 11.3 Å². The summed E-state index contributed by atoms with van der Waals surface area (Å²) >= 11 is 8.11. The van der Waals surface area contributed by atoms with Crippen LogP contribution in [0.1, 0.15) is 55.3 Å². The van der Waals surface area contributed by atoms with Crippen LogP contribution in [-0.4, -0.2) is 53.3 Å². The molecule has 3 aromatic rings. The molecule has 0 amide bonds. The Morgan fingerprint density at radius 2 is 2.09 bits per heavy atom. The van der Waals surface area contributed by atoms with E-state index in [9.17, 15) is 5.11 Å². The van der Waals surface area contributed by atoms with Gasteiger partial charge in [0.25, 0.3) is 0 Å². The molecule has 8 heteroatoms. The molecule has 184 valence electrons. The number of hydrogen-bond acceptors (Lipinski definition) is 6. The van der Waals surface area contributed by atoms with Gasteiger partial charge in [0, 0.05) is 35.3 Å². The first-order chi connectivity index (χ1) is 16.5. The molecule has 0 spiro atoms. The van der Waals surface area contributed by atoms with Gasteiger partial charge in [-0.1, -0.05) is 11.6 Å². The number of unbranched alkanes of at least 4 members (excludes halogenated alkanes) is 1. The van der Waals surface area contributed by atoms with Gasteiger partial charge in [0.2, 0.25) is 0 Å². The smallest absolute Gasteiger partial charge is 0.127 e. The van der Waals surface area contributed by atoms with Crippen molar-refractivity contribution >= 4 is 33.8 Å². The van der Waals surface area contributed by atoms with Crippen molar-refractivity contribution in [2.45, 2.75) is 51.1 Å². The van der Waals surface area contributed by atoms with Crippen molar-refractivity contribution in [1.82, 2.24) is 14.9 Å². The number of aryl methyl sites for hydroxylation is 1. The number of halogens is 2. The number of pyridine rings is 1. The van der Waals surface area contributed by atoms with E-state index in [1.54, 1.807) is 24.5 Å². The number of ether oxygens (including phenoxy) is 1. The van der Waals surface area contributed by atoms with Crippen molar-refractivity contribution in [2.24, 2.45) is 5.41 Å². The van der Waals surface area contributed by atoms with Gasteiger partial charge in [-0.25, -0.2) is 9.37 Å². The number of fused-ring (bicyclic) bond motifs is 1. The largest absolute Gasteiger partial charge is 0.497 e. The SMILES string of the molecule is COc1ccc2ncc(Cl)c(C(F)CCC3(CO)CCN(CCCCc4nccs4)CC3)c2c1. The van der Waals surface area contributed by atoms with Crippen LogP contribution in [0.2, 0.25) is 5.02 Å². The minimum atomic E-state index is -1.22. The molecule has 4 rings (SSSR count). The zero-order valence-electron chi connectivity index (χ0n) is 19.7. The van der Waals surface area contributed by atoms with Crippen LogP contribution in [0.5, 0.6) is 5.75 Å². The number of methoxy groups -OCH3 is 1. The number of likely N-dealkylation sites (tertiary alicyclic amines) is 1. The molecular weight excluding hydrogens is 473 g/mol. The minimum absolute atomic E-state index is 0.0935. The maximum atomic E-state index is 15.6. The highest BCUT2D eigenvalue weighted by molar-refractivity contribution is 7.09. The average molecular weight is 506 g/mol. The van der Waals surface area contributed by atoms with E-state index in [0.29, 0.717) is 40.1 Å². The van der Waals surface area contributed by atoms with Crippen LogP contribution in [0.4, 0.5) is 4.39 Å². The quantitative estimate of drug-likeness (QED) is 0.312. The molecule has 1 aliphatic rings. The monoisotopic (exact) mass is 505 g/mol. The number of hydrogen-bond donors (Lipinski definition) is 1. The molecule has 3 heterocycles. The van der Waals surface area contributed by atoms with Crippen LogP contribution in [-0.2, 0) is 6.42 Å². The van der Waals surface area contributed by atoms with E-state index in [-0.39, 0.29) is 12.0 Å². The van der Waals surface area contributed by atoms with Crippen LogP contribution < -0.4 is 4.74 Å². The van der Waals surface area contributed by atoms with Gasteiger partial charge in [-0.3, -0.25) is 4.98 Å². The molecule has 1 saturated heterocycles. The summed E-state index contributed by atoms with van der Waals surface area (Å²) in [5.41, 5.74) is 0.938. The molecule has 1 atom stereocenters. The van der Waals surface area contributed by atoms with Gasteiger partial charge in [-0.2, -0.15) is 0 Å². The predicted octanol–water partition coefficient (Wildman–Crippen LogP) is 6.24. The van der Waals surface area contributed by atoms with E-state index in [2.05, 4.69) is 14.9 Å². The summed E-state index contributed by atoms with van der Waals surface area (Å²) in [6.45, 7) is 3.06. The van der Waals surface area contributed by atoms with Crippen molar-refractivity contribution in [3.63, 3.8) is 0 Å². The fourth-order valence-corrected chi connectivity index (χ4v) is 5.85. The topological polar surface area (TPSA) is 58.5 Å². The standard InChI is InChI=1S/C26H33ClFN3O2S/c1-33-19-5-6-23-20(16-19)25(21(27)17-30-23)22(28)7-8-26(18-32)9-13-31(14-10-26)12-3-2-4-24-29-11-15-34-24/h5-6,11,15-17,22,32H,2-4,7-10,12-14,18H2,1H3. The summed E-state index contributed by atoms with van der Waals surface area (Å²) in [4.78, 5) is 11.2. The summed E-state index contributed by atoms with van der Waals surface area (Å²) < 4.78 is 20.9. The van der Waals surface area contributed by atoms with E-state index in [1.165, 1.54) is 11.2 Å². The lowest BCUT2D eigenvalue weighted by atomic mass is 9.74. The first-order valence-electron chi connectivity index (χ1n) is 12.0. The first kappa shape index (κ1) is 25.3. The number of alkyl halides is 1. The lowest BCUT2D eigenvalue weighted by molar-refractivity contribution is 0.0298. The van der Waals surface area contributed by atoms with E-state index < -0.39 is 6.17 Å². The van der Waals surface area contributed by atoms with Crippen molar-refractivity contribution in [3.05, 3.63) is 51.6 Å². The molecule has 0 radical (unpaired) electrons. The van der Waals surface area contributed by atoms with Crippen LogP contribution in [0.15, 0.2) is 36.0 Å². The molecule has 1 unspecified atom stereocenters. The zero-order valence-corrected chi connectivity index (χ0v) is 21.3. The van der Waals surface area contributed by atoms with Gasteiger partial charge in [0.15, 0.2) is 0 Å². The van der Waals surface area contributed by atoms with Gasteiger partial charge in [0.1, 0.15) is 11.9 Å². The Morgan fingerprint density at radius 3 is 2.79 bits per heavy atom. The predicted molar refractivity (Wildman–Crippen MR) is 137 cm³/mol. The second-order valence-corrected chi connectivity index (χ2v) is 10.7. The number of benzene rings is 1. The van der Waals surface area contributed by atoms with Crippen molar-refractivity contribution in [3.8, 4) is 5.75 Å². The summed E-state index contributed by atoms with van der Waals surface area (Å²) in [7, 11) is 1.59. The number of nitrogens with zero attached hydrogens (tertiary/aromatic N) is 3. The first-order valence-corrected chi connectivity index (χ1v) is 13.3. The maximum absolute atomic E-state index is 15.6. The summed E-state index contributed by atoms with van der Waals surface area (Å²) in [5, 5.41) is 14.5. The normalized spacial score (nSPS) is 17.2. The number of aliphatic hydroxyl groups excluding tert-OH is 1. The molecule has 1 aliphatic heterocycles. The number of aromatic nitrogens is 2. The summed E-state index contributed by atoms with van der Waals surface area (Å²) in [6.07, 6.45) is 8.23. The fraction of sp³-hybridized carbons (Fsp3) is 0.538. The third kappa shape index (κ3) is 6.06. The molecular formula is C26H33ClFN3O2S. The van der Waals surface area contributed by atoms with Crippen LogP contribution >= 0.6 is 22.9 Å². The molecule has 34 heavy (non-hydrogen) atoms. The fourth-order valence-electron chi connectivity index (χ4n) is 4.92. The molecule has 0 aliphatic carbocycles. The molecule has 1 N–H and O–H groups in total. The Balaban J connectivity index is 1.31. The Labute approximate surface area is 209 Å². The Bertz CT molecular complexity index is 1060. The minimum Gasteiger partial charge on any atom is -0.497 e. The summed E-state index contributed by atoms with van der Waals surface area (Å²) in [5.74, 6) is 0.649. The van der Waals surface area contributed by atoms with Crippen molar-refractivity contribution < 1.29 is 14.2 Å². The van der Waals surface area contributed by atoms with E-state index in [0.717, 1.165) is 51.7 Å². The van der Waals surface area contributed by atoms with Crippen molar-refractivity contribution in [1.29, 1.82) is 0 Å². The number of thiazole rings is 1. The van der Waals surface area contributed by atoms with E-state index in [1.807, 2.05) is 23.7 Å². The highest BCUT2D eigenvalue weighted by atomic mass is 35.5. The zero-order chi connectivity index (χ0) is 24.0. The Hall–Kier alpha value is -1.80.